The number of hydrogen-bond donors (Lipinski definition) is 0. The Morgan fingerprint density at radius 1 is 1.13 bits per heavy atom. The molecule has 0 fully saturated rings. The topological polar surface area (TPSA) is 109 Å². The van der Waals surface area contributed by atoms with E-state index in [1.165, 1.54) is 23.0 Å². The van der Waals surface area contributed by atoms with Gasteiger partial charge in [0.1, 0.15) is 5.75 Å². The lowest BCUT2D eigenvalue weighted by Crippen LogP contribution is -2.21. The fourth-order valence-electron chi connectivity index (χ4n) is 4.26. The van der Waals surface area contributed by atoms with E-state index in [4.69, 9.17) is 26.1 Å². The van der Waals surface area contributed by atoms with Gasteiger partial charge in [0.2, 0.25) is 5.75 Å². The summed E-state index contributed by atoms with van der Waals surface area (Å²) in [5.74, 6) is 1.21. The third kappa shape index (κ3) is 5.63. The second-order valence-corrected chi connectivity index (χ2v) is 10.1. The van der Waals surface area contributed by atoms with Crippen LogP contribution in [-0.2, 0) is 0 Å². The highest BCUT2D eigenvalue weighted by Gasteiger charge is 2.22. The van der Waals surface area contributed by atoms with Crippen molar-refractivity contribution in [3.8, 4) is 22.9 Å². The Morgan fingerprint density at radius 3 is 2.49 bits per heavy atom. The first-order chi connectivity index (χ1) is 18.5. The Bertz CT molecular complexity index is 1660. The summed E-state index contributed by atoms with van der Waals surface area (Å²) in [6.45, 7) is 9.52. The Balaban J connectivity index is 1.95. The quantitative estimate of drug-likeness (QED) is 0.137. The number of hydrogen-bond acceptors (Lipinski definition) is 7. The van der Waals surface area contributed by atoms with Gasteiger partial charge in [-0.05, 0) is 68.1 Å². The van der Waals surface area contributed by atoms with E-state index in [1.807, 2.05) is 25.1 Å². The molecule has 39 heavy (non-hydrogen) atoms. The second-order valence-electron chi connectivity index (χ2n) is 9.65. The maximum Gasteiger partial charge on any atom is 0.313 e. The highest BCUT2D eigenvalue weighted by Crippen LogP contribution is 2.37. The van der Waals surface area contributed by atoms with Crippen LogP contribution in [0.1, 0.15) is 50.3 Å². The average Bonchev–Trinajstić information content (AvgIpc) is 2.88. The first kappa shape index (κ1) is 27.8. The van der Waals surface area contributed by atoms with Crippen LogP contribution < -0.4 is 15.0 Å². The number of halogens is 1. The van der Waals surface area contributed by atoms with Crippen LogP contribution >= 0.6 is 11.6 Å². The van der Waals surface area contributed by atoms with Gasteiger partial charge in [-0.3, -0.25) is 14.9 Å². The molecule has 4 aromatic rings. The number of benzene rings is 3. The van der Waals surface area contributed by atoms with Gasteiger partial charge in [-0.15, -0.1) is 0 Å². The SMILES string of the molecule is COc1cc(C)c(-c2nc3ccccc3c(=O)n2N=Cc2cc(Cl)c(OC(C)C)c([N+](=O)[O-])c2)cc1C(C)C. The van der Waals surface area contributed by atoms with Crippen LogP contribution in [0.25, 0.3) is 22.3 Å². The molecule has 0 aliphatic carbocycles. The van der Waals surface area contributed by atoms with Crippen LogP contribution in [0, 0.1) is 17.0 Å². The van der Waals surface area contributed by atoms with Crippen LogP contribution in [0.15, 0.2) is 58.4 Å². The van der Waals surface area contributed by atoms with E-state index in [9.17, 15) is 14.9 Å². The zero-order chi connectivity index (χ0) is 28.4. The van der Waals surface area contributed by atoms with Crippen molar-refractivity contribution in [2.75, 3.05) is 7.11 Å². The number of rotatable bonds is 8. The van der Waals surface area contributed by atoms with Crippen molar-refractivity contribution < 1.29 is 14.4 Å². The van der Waals surface area contributed by atoms with Crippen LogP contribution in [-0.4, -0.2) is 34.0 Å². The van der Waals surface area contributed by atoms with E-state index in [-0.39, 0.29) is 34.0 Å². The number of ether oxygens (including phenoxy) is 2. The minimum Gasteiger partial charge on any atom is -0.496 e. The second kappa shape index (κ2) is 11.2. The molecule has 3 aromatic carbocycles. The molecule has 0 atom stereocenters. The summed E-state index contributed by atoms with van der Waals surface area (Å²) in [6, 6.07) is 13.7. The van der Waals surface area contributed by atoms with E-state index < -0.39 is 4.92 Å². The molecule has 0 saturated carbocycles. The smallest absolute Gasteiger partial charge is 0.313 e. The van der Waals surface area contributed by atoms with Gasteiger partial charge in [0.05, 0.1) is 40.3 Å². The molecular formula is C29H29ClN4O5. The molecule has 202 valence electrons. The number of para-hydroxylation sites is 1. The van der Waals surface area contributed by atoms with Crippen molar-refractivity contribution in [3.63, 3.8) is 0 Å². The molecular weight excluding hydrogens is 520 g/mol. The number of aryl methyl sites for hydroxylation is 1. The van der Waals surface area contributed by atoms with E-state index >= 15 is 0 Å². The predicted molar refractivity (Wildman–Crippen MR) is 154 cm³/mol. The van der Waals surface area contributed by atoms with Gasteiger partial charge in [-0.25, -0.2) is 4.98 Å². The average molecular weight is 549 g/mol. The van der Waals surface area contributed by atoms with E-state index in [1.54, 1.807) is 39.2 Å². The predicted octanol–water partition coefficient (Wildman–Crippen LogP) is 6.73. The van der Waals surface area contributed by atoms with Gasteiger partial charge >= 0.3 is 5.69 Å². The first-order valence-electron chi connectivity index (χ1n) is 12.4. The summed E-state index contributed by atoms with van der Waals surface area (Å²) < 4.78 is 12.4. The van der Waals surface area contributed by atoms with Gasteiger partial charge in [0.25, 0.3) is 5.56 Å². The number of nitro groups is 1. The molecule has 0 saturated heterocycles. The molecule has 0 spiro atoms. The molecule has 0 unspecified atom stereocenters. The van der Waals surface area contributed by atoms with E-state index in [2.05, 4.69) is 18.9 Å². The molecule has 0 bridgehead atoms. The number of nitrogens with zero attached hydrogens (tertiary/aromatic N) is 4. The van der Waals surface area contributed by atoms with Gasteiger partial charge in [-0.1, -0.05) is 37.6 Å². The number of methoxy groups -OCH3 is 1. The third-order valence-electron chi connectivity index (χ3n) is 6.11. The summed E-state index contributed by atoms with van der Waals surface area (Å²) >= 11 is 6.35. The van der Waals surface area contributed by atoms with Crippen molar-refractivity contribution in [2.24, 2.45) is 5.10 Å². The van der Waals surface area contributed by atoms with Gasteiger partial charge in [0, 0.05) is 17.2 Å². The summed E-state index contributed by atoms with van der Waals surface area (Å²) in [6.07, 6.45) is 1.04. The summed E-state index contributed by atoms with van der Waals surface area (Å²) in [4.78, 5) is 29.6. The zero-order valence-electron chi connectivity index (χ0n) is 22.6. The minimum atomic E-state index is -0.565. The van der Waals surface area contributed by atoms with Gasteiger partial charge in [0.15, 0.2) is 5.82 Å². The number of aromatic nitrogens is 2. The molecule has 0 aliphatic heterocycles. The van der Waals surface area contributed by atoms with Crippen molar-refractivity contribution in [1.29, 1.82) is 0 Å². The molecule has 0 aliphatic rings. The maximum atomic E-state index is 13.6. The van der Waals surface area contributed by atoms with Crippen LogP contribution in [0.3, 0.4) is 0 Å². The summed E-state index contributed by atoms with van der Waals surface area (Å²) in [5.41, 5.74) is 2.69. The fraction of sp³-hybridized carbons (Fsp3) is 0.276. The monoisotopic (exact) mass is 548 g/mol. The normalized spacial score (nSPS) is 11.6. The van der Waals surface area contributed by atoms with Crippen LogP contribution in [0.4, 0.5) is 5.69 Å². The van der Waals surface area contributed by atoms with Crippen molar-refractivity contribution >= 4 is 34.4 Å². The Labute approximate surface area is 230 Å². The lowest BCUT2D eigenvalue weighted by atomic mass is 9.96. The highest BCUT2D eigenvalue weighted by atomic mass is 35.5. The van der Waals surface area contributed by atoms with E-state index in [0.717, 1.165) is 16.9 Å². The molecule has 4 rings (SSSR count). The van der Waals surface area contributed by atoms with E-state index in [0.29, 0.717) is 27.9 Å². The summed E-state index contributed by atoms with van der Waals surface area (Å²) in [5, 5.41) is 16.7. The first-order valence-corrected chi connectivity index (χ1v) is 12.8. The van der Waals surface area contributed by atoms with Gasteiger partial charge < -0.3 is 9.47 Å². The van der Waals surface area contributed by atoms with Crippen molar-refractivity contribution in [1.82, 2.24) is 9.66 Å². The third-order valence-corrected chi connectivity index (χ3v) is 6.39. The van der Waals surface area contributed by atoms with Gasteiger partial charge in [-0.2, -0.15) is 9.78 Å². The Kier molecular flexibility index (Phi) is 8.01. The van der Waals surface area contributed by atoms with Crippen LogP contribution in [0.5, 0.6) is 11.5 Å². The Morgan fingerprint density at radius 2 is 1.85 bits per heavy atom. The zero-order valence-corrected chi connectivity index (χ0v) is 23.3. The molecule has 0 amide bonds. The standard InChI is InChI=1S/C29H29ClN4O5/c1-16(2)21-14-22(18(5)11-26(21)38-6)28-32-24-10-8-7-9-20(24)29(35)33(28)31-15-19-12-23(30)27(39-17(3)4)25(13-19)34(36)37/h7-17H,1-6H3. The fourth-order valence-corrected chi connectivity index (χ4v) is 4.53. The van der Waals surface area contributed by atoms with Crippen LogP contribution in [0.2, 0.25) is 5.02 Å². The van der Waals surface area contributed by atoms with Crippen molar-refractivity contribution in [2.45, 2.75) is 46.6 Å². The minimum absolute atomic E-state index is 0.0193. The molecule has 0 N–H and O–H groups in total. The van der Waals surface area contributed by atoms with Crippen molar-refractivity contribution in [3.05, 3.63) is 90.7 Å². The lowest BCUT2D eigenvalue weighted by Gasteiger charge is -2.17. The molecule has 9 nitrogen and oxygen atoms in total. The molecule has 0 radical (unpaired) electrons. The number of nitro benzene ring substituents is 1. The highest BCUT2D eigenvalue weighted by molar-refractivity contribution is 6.32. The Hall–Kier alpha value is -4.24. The molecule has 10 heteroatoms. The molecule has 1 aromatic heterocycles. The molecule has 1 heterocycles. The number of fused-ring (bicyclic) bond motifs is 1. The lowest BCUT2D eigenvalue weighted by molar-refractivity contribution is -0.386. The maximum absolute atomic E-state index is 13.6. The largest absolute Gasteiger partial charge is 0.496 e. The summed E-state index contributed by atoms with van der Waals surface area (Å²) in [7, 11) is 1.62.